The highest BCUT2D eigenvalue weighted by molar-refractivity contribution is 7.13. The number of nitrogens with zero attached hydrogens (tertiary/aromatic N) is 4. The zero-order valence-electron chi connectivity index (χ0n) is 41.1. The molecule has 5 atom stereocenters. The van der Waals surface area contributed by atoms with Gasteiger partial charge in [0.1, 0.15) is 19.0 Å². The van der Waals surface area contributed by atoms with Gasteiger partial charge in [-0.2, -0.15) is 18.3 Å². The van der Waals surface area contributed by atoms with Gasteiger partial charge in [-0.3, -0.25) is 24.5 Å². The van der Waals surface area contributed by atoms with Crippen molar-refractivity contribution >= 4 is 23.2 Å². The van der Waals surface area contributed by atoms with Crippen LogP contribution in [-0.2, 0) is 35.8 Å². The lowest BCUT2D eigenvalue weighted by Crippen LogP contribution is -2.55. The second-order valence-corrected chi connectivity index (χ2v) is 21.0. The predicted molar refractivity (Wildman–Crippen MR) is 265 cm³/mol. The Bertz CT molecular complexity index is 2530. The number of aromatic nitrogens is 3. The first-order valence-corrected chi connectivity index (χ1v) is 25.3. The number of nitrogens with one attached hydrogen (secondary N) is 3. The van der Waals surface area contributed by atoms with Crippen LogP contribution in [0.5, 0.6) is 5.75 Å². The predicted octanol–water partition coefficient (Wildman–Crippen LogP) is 7.61. The van der Waals surface area contributed by atoms with Crippen molar-refractivity contribution < 1.29 is 46.8 Å². The fourth-order valence-corrected chi connectivity index (χ4v) is 10.5. The molecule has 4 heterocycles. The minimum absolute atomic E-state index is 0.117. The maximum atomic E-state index is 13.9. The number of aryl methyl sites for hydroxylation is 1. The number of benzene rings is 3. The molecule has 2 amide bonds. The zero-order valence-corrected chi connectivity index (χ0v) is 41.9. The lowest BCUT2D eigenvalue weighted by molar-refractivity contribution is -0.155. The number of aliphatic hydroxyl groups is 1. The Morgan fingerprint density at radius 1 is 0.930 bits per heavy atom. The van der Waals surface area contributed by atoms with Crippen LogP contribution in [0.4, 0.5) is 13.2 Å². The molecule has 0 unspecified atom stereocenters. The molecule has 0 bridgehead atoms. The van der Waals surface area contributed by atoms with E-state index in [0.717, 1.165) is 62.4 Å². The minimum atomic E-state index is -4.35. The highest BCUT2D eigenvalue weighted by atomic mass is 32.1. The fraction of sp³-hybridized carbons (Fsp3) is 0.509. The van der Waals surface area contributed by atoms with E-state index in [1.54, 1.807) is 35.9 Å². The van der Waals surface area contributed by atoms with Crippen LogP contribution in [0.3, 0.4) is 0 Å². The maximum absolute atomic E-state index is 13.9. The summed E-state index contributed by atoms with van der Waals surface area (Å²) in [4.78, 5) is 36.0. The second kappa shape index (κ2) is 22.7. The summed E-state index contributed by atoms with van der Waals surface area (Å²) in [6.07, 6.45) is 1.02. The number of amides is 2. The molecule has 8 rings (SSSR count). The largest absolute Gasteiger partial charge is 0.491 e. The number of aromatic amines is 1. The van der Waals surface area contributed by atoms with E-state index in [-0.39, 0.29) is 55.7 Å². The van der Waals surface area contributed by atoms with E-state index in [1.165, 1.54) is 4.90 Å². The van der Waals surface area contributed by atoms with Crippen LogP contribution in [0.15, 0.2) is 84.6 Å². The van der Waals surface area contributed by atoms with Gasteiger partial charge in [0, 0.05) is 36.9 Å². The lowest BCUT2D eigenvalue weighted by Gasteiger charge is -2.42. The first-order valence-electron chi connectivity index (χ1n) is 24.4. The van der Waals surface area contributed by atoms with Crippen molar-refractivity contribution in [1.29, 1.82) is 0 Å². The summed E-state index contributed by atoms with van der Waals surface area (Å²) in [6.45, 7) is 11.1. The molecule has 1 saturated heterocycles. The first-order chi connectivity index (χ1) is 34.0. The van der Waals surface area contributed by atoms with Gasteiger partial charge in [0.15, 0.2) is 0 Å². The number of fused-ring (bicyclic) bond motifs is 1. The monoisotopic (exact) mass is 1000 g/mol. The molecule has 3 aromatic carbocycles. The minimum Gasteiger partial charge on any atom is -0.491 e. The summed E-state index contributed by atoms with van der Waals surface area (Å²) in [5.74, 6) is 0.180. The SMILES string of the molecule is Cc1ncsc1-c1ccc(C2(NC(=O)[C@@H]3C[C@@H](O)CN3C[C@@H](NC(=O)COCCOCCOCCOc3ccc([C@@H]4c5ccc(-c6cn[nH]c6)cc5C[C@@H](C)N4CC(F)(F)F)cc3)C(C)(C)C)CC2)cc1. The molecule has 0 spiro atoms. The molecule has 2 aromatic heterocycles. The van der Waals surface area contributed by atoms with E-state index in [0.29, 0.717) is 51.5 Å². The van der Waals surface area contributed by atoms with Crippen molar-refractivity contribution in [3.63, 3.8) is 0 Å². The Morgan fingerprint density at radius 3 is 2.25 bits per heavy atom. The molecular weight excluding hydrogens is 936 g/mol. The van der Waals surface area contributed by atoms with Gasteiger partial charge >= 0.3 is 6.18 Å². The molecule has 0 radical (unpaired) electrons. The van der Waals surface area contributed by atoms with Crippen LogP contribution < -0.4 is 15.4 Å². The van der Waals surface area contributed by atoms with Crippen molar-refractivity contribution in [1.82, 2.24) is 35.6 Å². The summed E-state index contributed by atoms with van der Waals surface area (Å²) in [5.41, 5.74) is 8.73. The summed E-state index contributed by atoms with van der Waals surface area (Å²) in [5, 5.41) is 24.0. The van der Waals surface area contributed by atoms with Crippen molar-refractivity contribution in [2.24, 2.45) is 5.41 Å². The number of rotatable bonds is 22. The van der Waals surface area contributed by atoms with E-state index in [9.17, 15) is 27.9 Å². The van der Waals surface area contributed by atoms with Crippen molar-refractivity contribution in [3.05, 3.63) is 113 Å². The van der Waals surface area contributed by atoms with Gasteiger partial charge in [-0.25, -0.2) is 4.98 Å². The van der Waals surface area contributed by atoms with E-state index in [1.807, 2.05) is 69.3 Å². The van der Waals surface area contributed by atoms with Gasteiger partial charge in [-0.15, -0.1) is 11.3 Å². The highest BCUT2D eigenvalue weighted by Crippen LogP contribution is 2.47. The maximum Gasteiger partial charge on any atom is 0.401 e. The van der Waals surface area contributed by atoms with Crippen LogP contribution >= 0.6 is 11.3 Å². The molecule has 18 heteroatoms. The number of halogens is 3. The Balaban J connectivity index is 0.721. The van der Waals surface area contributed by atoms with Gasteiger partial charge in [-0.05, 0) is 90.5 Å². The van der Waals surface area contributed by atoms with E-state index in [2.05, 4.69) is 56.1 Å². The van der Waals surface area contributed by atoms with Gasteiger partial charge in [0.2, 0.25) is 11.8 Å². The van der Waals surface area contributed by atoms with Crippen molar-refractivity contribution in [3.8, 4) is 27.3 Å². The van der Waals surface area contributed by atoms with Gasteiger partial charge in [0.25, 0.3) is 0 Å². The van der Waals surface area contributed by atoms with E-state index in [4.69, 9.17) is 18.9 Å². The van der Waals surface area contributed by atoms with Crippen molar-refractivity contribution in [2.45, 2.75) is 102 Å². The molecule has 14 nitrogen and oxygen atoms in total. The fourth-order valence-electron chi connectivity index (χ4n) is 9.71. The van der Waals surface area contributed by atoms with Crippen LogP contribution in [0.1, 0.15) is 80.9 Å². The number of likely N-dealkylation sites (tertiary alicyclic amines) is 1. The molecular formula is C53H66F3N7O7S. The number of hydrogen-bond acceptors (Lipinski definition) is 12. The number of carbonyl (C=O) groups is 2. The van der Waals surface area contributed by atoms with Gasteiger partial charge in [0.05, 0.1) is 85.6 Å². The Labute approximate surface area is 417 Å². The number of aliphatic hydroxyl groups excluding tert-OH is 1. The van der Waals surface area contributed by atoms with Crippen LogP contribution in [-0.4, -0.2) is 138 Å². The Morgan fingerprint density at radius 2 is 1.62 bits per heavy atom. The topological polar surface area (TPSA) is 163 Å². The summed E-state index contributed by atoms with van der Waals surface area (Å²) in [7, 11) is 0. The number of thiazole rings is 1. The van der Waals surface area contributed by atoms with Gasteiger partial charge in [-0.1, -0.05) is 75.4 Å². The number of hydrogen-bond donors (Lipinski definition) is 4. The number of ether oxygens (including phenoxy) is 4. The molecule has 2 aliphatic heterocycles. The molecule has 1 saturated carbocycles. The average molecular weight is 1000 g/mol. The summed E-state index contributed by atoms with van der Waals surface area (Å²) < 4.78 is 64.4. The summed E-state index contributed by atoms with van der Waals surface area (Å²) >= 11 is 1.61. The quantitative estimate of drug-likeness (QED) is 0.0505. The van der Waals surface area contributed by atoms with E-state index < -0.39 is 36.4 Å². The van der Waals surface area contributed by atoms with Crippen LogP contribution in [0.2, 0.25) is 0 Å². The number of carbonyl (C=O) groups excluding carboxylic acids is 2. The van der Waals surface area contributed by atoms with E-state index >= 15 is 0 Å². The number of H-pyrrole nitrogens is 1. The summed E-state index contributed by atoms with van der Waals surface area (Å²) in [6, 6.07) is 19.7. The smallest absolute Gasteiger partial charge is 0.401 e. The highest BCUT2D eigenvalue weighted by Gasteiger charge is 2.49. The Hall–Kier alpha value is -5.21. The van der Waals surface area contributed by atoms with Crippen LogP contribution in [0, 0.1) is 12.3 Å². The molecule has 382 valence electrons. The van der Waals surface area contributed by atoms with Crippen molar-refractivity contribution in [2.75, 3.05) is 65.9 Å². The Kier molecular flexibility index (Phi) is 16.7. The van der Waals surface area contributed by atoms with Crippen LogP contribution in [0.25, 0.3) is 21.6 Å². The molecule has 1 aliphatic carbocycles. The molecule has 2 fully saturated rings. The number of β-amino-alcohol motifs (C(OH)–C–C–N with tert-alkyl or cyclic N) is 1. The van der Waals surface area contributed by atoms with Gasteiger partial charge < -0.3 is 34.7 Å². The molecule has 5 aromatic rings. The third-order valence-corrected chi connectivity index (χ3v) is 14.7. The normalized spacial score (nSPS) is 20.6. The molecule has 4 N–H and O–H groups in total. The standard InChI is InChI=1S/C53H66F3N7O7S/c1-34-24-39-25-38(40-27-58-59-28-40)10-15-44(39)48(63(34)32-53(54,55)56)36-8-13-43(14-9-36)70-23-22-68-19-18-67-20-21-69-31-47(65)60-46(51(3,4)5)30-62-29-42(64)26-45(62)50(66)61-52(16-17-52)41-11-6-37(7-12-41)49-35(2)57-33-71-49/h6-15,25,27-28,33-34,42,45-46,48,64H,16-24,26,29-32H2,1-5H3,(H,58,59)(H,60,65)(H,61,66)/t34-,42-,45+,46-,48-/m1/s1. The molecule has 3 aliphatic rings. The zero-order chi connectivity index (χ0) is 50.3. The first kappa shape index (κ1) is 52.1. The third-order valence-electron chi connectivity index (χ3n) is 13.8. The third kappa shape index (κ3) is 13.5. The molecule has 71 heavy (non-hydrogen) atoms. The second-order valence-electron chi connectivity index (χ2n) is 20.1. The number of alkyl halides is 3. The lowest BCUT2D eigenvalue weighted by atomic mass is 9.83. The average Bonchev–Trinajstić information content (AvgIpc) is 3.61.